The molecule has 0 aliphatic heterocycles. The van der Waals surface area contributed by atoms with E-state index in [4.69, 9.17) is 5.73 Å². The number of rotatable bonds is 2. The van der Waals surface area contributed by atoms with Gasteiger partial charge in [-0.2, -0.15) is 0 Å². The van der Waals surface area contributed by atoms with Crippen LogP contribution in [0.1, 0.15) is 15.3 Å². The number of pyridine rings is 1. The van der Waals surface area contributed by atoms with Gasteiger partial charge in [-0.05, 0) is 37.6 Å². The highest BCUT2D eigenvalue weighted by Crippen LogP contribution is 2.24. The summed E-state index contributed by atoms with van der Waals surface area (Å²) < 4.78 is 1.96. The molecule has 0 atom stereocenters. The highest BCUT2D eigenvalue weighted by Gasteiger charge is 2.10. The Hall–Kier alpha value is -1.88. The summed E-state index contributed by atoms with van der Waals surface area (Å²) in [5.41, 5.74) is 8.98. The zero-order valence-corrected chi connectivity index (χ0v) is 11.2. The summed E-state index contributed by atoms with van der Waals surface area (Å²) in [6.07, 6.45) is 1.77. The van der Waals surface area contributed by atoms with Crippen molar-refractivity contribution in [1.82, 2.24) is 14.5 Å². The smallest absolute Gasteiger partial charge is 0.202 e. The molecule has 92 valence electrons. The van der Waals surface area contributed by atoms with Crippen molar-refractivity contribution in [3.8, 4) is 0 Å². The van der Waals surface area contributed by atoms with Gasteiger partial charge >= 0.3 is 0 Å². The van der Waals surface area contributed by atoms with Crippen LogP contribution in [0, 0.1) is 13.8 Å². The van der Waals surface area contributed by atoms with Crippen molar-refractivity contribution in [2.45, 2.75) is 20.4 Å². The predicted molar refractivity (Wildman–Crippen MR) is 74.8 cm³/mol. The van der Waals surface area contributed by atoms with Crippen LogP contribution >= 0.6 is 11.3 Å². The Morgan fingerprint density at radius 1 is 1.39 bits per heavy atom. The molecule has 0 radical (unpaired) electrons. The van der Waals surface area contributed by atoms with Crippen LogP contribution in [0.2, 0.25) is 0 Å². The molecule has 3 heterocycles. The lowest BCUT2D eigenvalue weighted by molar-refractivity contribution is 0.841. The molecule has 0 bridgehead atoms. The second kappa shape index (κ2) is 4.10. The first-order chi connectivity index (χ1) is 8.65. The summed E-state index contributed by atoms with van der Waals surface area (Å²) >= 11 is 1.80. The van der Waals surface area contributed by atoms with Crippen molar-refractivity contribution in [2.24, 2.45) is 0 Å². The van der Waals surface area contributed by atoms with Crippen LogP contribution in [0.4, 0.5) is 5.95 Å². The van der Waals surface area contributed by atoms with E-state index in [1.54, 1.807) is 17.5 Å². The van der Waals surface area contributed by atoms with Crippen molar-refractivity contribution in [3.63, 3.8) is 0 Å². The fourth-order valence-corrected chi connectivity index (χ4v) is 3.06. The fourth-order valence-electron chi connectivity index (χ4n) is 2.02. The van der Waals surface area contributed by atoms with Crippen molar-refractivity contribution in [3.05, 3.63) is 39.7 Å². The summed E-state index contributed by atoms with van der Waals surface area (Å²) in [7, 11) is 0. The van der Waals surface area contributed by atoms with E-state index in [1.807, 2.05) is 16.7 Å². The minimum Gasteiger partial charge on any atom is -0.369 e. The van der Waals surface area contributed by atoms with E-state index in [1.165, 1.54) is 15.3 Å². The molecular formula is C13H14N4S. The van der Waals surface area contributed by atoms with Gasteiger partial charge in [0.1, 0.15) is 5.52 Å². The number of hydrogen-bond acceptors (Lipinski definition) is 4. The quantitative estimate of drug-likeness (QED) is 0.769. The molecule has 4 nitrogen and oxygen atoms in total. The molecule has 0 saturated carbocycles. The second-order valence-electron chi connectivity index (χ2n) is 4.35. The predicted octanol–water partition coefficient (Wildman–Crippen LogP) is 2.74. The molecule has 0 spiro atoms. The standard InChI is InChI=1S/C13H14N4S/c1-8-6-10(18-9(8)2)7-17-12-11(16-13(17)14)4-3-5-15-12/h3-6H,7H2,1-2H3,(H2,14,16). The van der Waals surface area contributed by atoms with E-state index in [9.17, 15) is 0 Å². The molecule has 5 heteroatoms. The van der Waals surface area contributed by atoms with Crippen LogP contribution in [-0.4, -0.2) is 14.5 Å². The van der Waals surface area contributed by atoms with Crippen LogP contribution in [-0.2, 0) is 6.54 Å². The van der Waals surface area contributed by atoms with Crippen LogP contribution in [0.25, 0.3) is 11.2 Å². The molecule has 0 aliphatic carbocycles. The van der Waals surface area contributed by atoms with Gasteiger partial charge in [-0.15, -0.1) is 11.3 Å². The van der Waals surface area contributed by atoms with Gasteiger partial charge in [0, 0.05) is 16.0 Å². The van der Waals surface area contributed by atoms with Gasteiger partial charge in [-0.25, -0.2) is 9.97 Å². The van der Waals surface area contributed by atoms with Gasteiger partial charge in [-0.1, -0.05) is 0 Å². The Kier molecular flexibility index (Phi) is 2.56. The maximum absolute atomic E-state index is 5.96. The topological polar surface area (TPSA) is 56.7 Å². The number of aromatic nitrogens is 3. The first kappa shape index (κ1) is 11.2. The monoisotopic (exact) mass is 258 g/mol. The first-order valence-electron chi connectivity index (χ1n) is 5.78. The van der Waals surface area contributed by atoms with E-state index in [0.717, 1.165) is 17.7 Å². The van der Waals surface area contributed by atoms with E-state index >= 15 is 0 Å². The number of fused-ring (bicyclic) bond motifs is 1. The number of nitrogens with two attached hydrogens (primary N) is 1. The lowest BCUT2D eigenvalue weighted by atomic mass is 10.3. The highest BCUT2D eigenvalue weighted by molar-refractivity contribution is 7.12. The summed E-state index contributed by atoms with van der Waals surface area (Å²) in [6.45, 7) is 5.00. The number of imidazole rings is 1. The van der Waals surface area contributed by atoms with E-state index in [2.05, 4.69) is 29.9 Å². The second-order valence-corrected chi connectivity index (χ2v) is 5.70. The molecule has 3 rings (SSSR count). The third-order valence-electron chi connectivity index (χ3n) is 3.06. The number of nitrogens with zero attached hydrogens (tertiary/aromatic N) is 3. The van der Waals surface area contributed by atoms with Crippen molar-refractivity contribution >= 4 is 28.4 Å². The molecule has 2 N–H and O–H groups in total. The van der Waals surface area contributed by atoms with Crippen molar-refractivity contribution in [2.75, 3.05) is 5.73 Å². The maximum Gasteiger partial charge on any atom is 0.202 e. The van der Waals surface area contributed by atoms with Crippen LogP contribution in [0.15, 0.2) is 24.4 Å². The number of anilines is 1. The molecule has 3 aromatic rings. The fraction of sp³-hybridized carbons (Fsp3) is 0.231. The Morgan fingerprint density at radius 3 is 2.94 bits per heavy atom. The first-order valence-corrected chi connectivity index (χ1v) is 6.59. The van der Waals surface area contributed by atoms with Gasteiger partial charge in [0.15, 0.2) is 5.65 Å². The Balaban J connectivity index is 2.06. The number of thiophene rings is 1. The molecule has 0 aromatic carbocycles. The number of hydrogen-bond donors (Lipinski definition) is 1. The Bertz CT molecular complexity index is 691. The minimum absolute atomic E-state index is 0.521. The molecule has 18 heavy (non-hydrogen) atoms. The van der Waals surface area contributed by atoms with Crippen molar-refractivity contribution < 1.29 is 0 Å². The number of aryl methyl sites for hydroxylation is 2. The van der Waals surface area contributed by atoms with Crippen LogP contribution in [0.5, 0.6) is 0 Å². The Morgan fingerprint density at radius 2 is 2.22 bits per heavy atom. The van der Waals surface area contributed by atoms with Gasteiger partial charge < -0.3 is 5.73 Å². The molecule has 0 unspecified atom stereocenters. The summed E-state index contributed by atoms with van der Waals surface area (Å²) in [5, 5.41) is 0. The van der Waals surface area contributed by atoms with E-state index in [-0.39, 0.29) is 0 Å². The zero-order valence-electron chi connectivity index (χ0n) is 10.3. The lowest BCUT2D eigenvalue weighted by Gasteiger charge is -2.03. The maximum atomic E-state index is 5.96. The average molecular weight is 258 g/mol. The Labute approximate surface area is 109 Å². The van der Waals surface area contributed by atoms with Gasteiger partial charge in [0.2, 0.25) is 5.95 Å². The summed E-state index contributed by atoms with van der Waals surface area (Å²) in [6, 6.07) is 6.01. The largest absolute Gasteiger partial charge is 0.369 e. The molecule has 0 saturated heterocycles. The average Bonchev–Trinajstić information content (AvgIpc) is 2.82. The van der Waals surface area contributed by atoms with Gasteiger partial charge in [0.05, 0.1) is 6.54 Å². The SMILES string of the molecule is Cc1cc(Cn2c(N)nc3cccnc32)sc1C. The van der Waals surface area contributed by atoms with Gasteiger partial charge in [0.25, 0.3) is 0 Å². The minimum atomic E-state index is 0.521. The van der Waals surface area contributed by atoms with Gasteiger partial charge in [-0.3, -0.25) is 4.57 Å². The normalized spacial score (nSPS) is 11.2. The zero-order chi connectivity index (χ0) is 12.7. The summed E-state index contributed by atoms with van der Waals surface area (Å²) in [4.78, 5) is 11.3. The highest BCUT2D eigenvalue weighted by atomic mass is 32.1. The molecule has 3 aromatic heterocycles. The van der Waals surface area contributed by atoms with E-state index in [0.29, 0.717) is 5.95 Å². The van der Waals surface area contributed by atoms with E-state index < -0.39 is 0 Å². The third-order valence-corrected chi connectivity index (χ3v) is 4.20. The molecule has 0 amide bonds. The molecule has 0 fully saturated rings. The summed E-state index contributed by atoms with van der Waals surface area (Å²) in [5.74, 6) is 0.521. The molecule has 0 aliphatic rings. The lowest BCUT2D eigenvalue weighted by Crippen LogP contribution is -2.04. The van der Waals surface area contributed by atoms with Crippen LogP contribution < -0.4 is 5.73 Å². The third kappa shape index (κ3) is 1.76. The molecular weight excluding hydrogens is 244 g/mol. The van der Waals surface area contributed by atoms with Crippen molar-refractivity contribution in [1.29, 1.82) is 0 Å². The van der Waals surface area contributed by atoms with Crippen LogP contribution in [0.3, 0.4) is 0 Å². The number of nitrogen functional groups attached to an aromatic ring is 1.